The largest absolute Gasteiger partial charge is 0.497 e. The predicted octanol–water partition coefficient (Wildman–Crippen LogP) is 4.25. The maximum atomic E-state index is 12.7. The van der Waals surface area contributed by atoms with Crippen molar-refractivity contribution in [1.29, 1.82) is 0 Å². The molecule has 13 heteroatoms. The van der Waals surface area contributed by atoms with E-state index in [0.717, 1.165) is 22.2 Å². The summed E-state index contributed by atoms with van der Waals surface area (Å²) in [4.78, 5) is 38.8. The van der Waals surface area contributed by atoms with E-state index in [-0.39, 0.29) is 41.2 Å². The molecular formula is C25H24N4O7S2. The van der Waals surface area contributed by atoms with Gasteiger partial charge in [0.15, 0.2) is 5.82 Å². The van der Waals surface area contributed by atoms with Crippen molar-refractivity contribution >= 4 is 56.4 Å². The number of carbonyl (C=O) groups is 3. The zero-order valence-electron chi connectivity index (χ0n) is 20.5. The first-order valence-corrected chi connectivity index (χ1v) is 13.7. The number of amides is 3. The molecule has 1 saturated heterocycles. The van der Waals surface area contributed by atoms with Crippen molar-refractivity contribution in [2.24, 2.45) is 0 Å². The number of methoxy groups -OCH3 is 1. The van der Waals surface area contributed by atoms with E-state index in [1.54, 1.807) is 44.4 Å². The smallest absolute Gasteiger partial charge is 0.293 e. The SMILES string of the molecule is COc1ccc(/C=C2/SC(=O)N(CCCC(=O)Nc3ccc(S(=O)(=O)Nc4cc(C)on4)cc3)C2=O)cc1. The summed E-state index contributed by atoms with van der Waals surface area (Å²) in [6.45, 7) is 1.74. The first kappa shape index (κ1) is 26.9. The van der Waals surface area contributed by atoms with E-state index in [2.05, 4.69) is 15.2 Å². The summed E-state index contributed by atoms with van der Waals surface area (Å²) in [6, 6.07) is 14.2. The van der Waals surface area contributed by atoms with Crippen molar-refractivity contribution in [2.45, 2.75) is 24.7 Å². The molecule has 1 aliphatic rings. The Kier molecular flexibility index (Phi) is 8.17. The molecule has 11 nitrogen and oxygen atoms in total. The van der Waals surface area contributed by atoms with Gasteiger partial charge in [-0.3, -0.25) is 24.0 Å². The van der Waals surface area contributed by atoms with Crippen LogP contribution in [0.5, 0.6) is 5.75 Å². The summed E-state index contributed by atoms with van der Waals surface area (Å²) in [5, 5.41) is 5.89. The molecule has 1 aliphatic heterocycles. The summed E-state index contributed by atoms with van der Waals surface area (Å²) in [7, 11) is -2.31. The van der Waals surface area contributed by atoms with Gasteiger partial charge in [0.2, 0.25) is 5.91 Å². The Labute approximate surface area is 223 Å². The fraction of sp³-hybridized carbons (Fsp3) is 0.200. The van der Waals surface area contributed by atoms with Crippen LogP contribution in [0.2, 0.25) is 0 Å². The summed E-state index contributed by atoms with van der Waals surface area (Å²) in [6.07, 6.45) is 1.97. The number of carbonyl (C=O) groups excluding carboxylic acids is 3. The van der Waals surface area contributed by atoms with Crippen LogP contribution in [0.3, 0.4) is 0 Å². The number of nitrogens with zero attached hydrogens (tertiary/aromatic N) is 2. The van der Waals surface area contributed by atoms with Crippen molar-refractivity contribution < 1.29 is 32.1 Å². The average molecular weight is 557 g/mol. The van der Waals surface area contributed by atoms with Gasteiger partial charge in [-0.25, -0.2) is 8.42 Å². The fourth-order valence-corrected chi connectivity index (χ4v) is 5.34. The minimum absolute atomic E-state index is 0.0155. The molecule has 3 aromatic rings. The highest BCUT2D eigenvalue weighted by molar-refractivity contribution is 8.18. The third kappa shape index (κ3) is 6.61. The van der Waals surface area contributed by atoms with E-state index in [9.17, 15) is 22.8 Å². The Morgan fingerprint density at radius 1 is 1.13 bits per heavy atom. The van der Waals surface area contributed by atoms with E-state index in [1.165, 1.54) is 30.3 Å². The lowest BCUT2D eigenvalue weighted by Crippen LogP contribution is -2.29. The van der Waals surface area contributed by atoms with Crippen molar-refractivity contribution in [3.05, 3.63) is 70.8 Å². The van der Waals surface area contributed by atoms with Crippen LogP contribution in [0.15, 0.2) is 68.9 Å². The van der Waals surface area contributed by atoms with Gasteiger partial charge in [-0.05, 0) is 73.1 Å². The van der Waals surface area contributed by atoms with Gasteiger partial charge < -0.3 is 14.6 Å². The highest BCUT2D eigenvalue weighted by Crippen LogP contribution is 2.32. The number of anilines is 2. The molecule has 1 fully saturated rings. The van der Waals surface area contributed by atoms with Crippen LogP contribution in [-0.2, 0) is 19.6 Å². The van der Waals surface area contributed by atoms with Crippen LogP contribution in [0.1, 0.15) is 24.2 Å². The third-order valence-electron chi connectivity index (χ3n) is 5.39. The molecule has 0 aliphatic carbocycles. The van der Waals surface area contributed by atoms with Gasteiger partial charge in [-0.15, -0.1) is 0 Å². The van der Waals surface area contributed by atoms with Crippen molar-refractivity contribution in [3.63, 3.8) is 0 Å². The Hall–Kier alpha value is -4.10. The molecule has 0 atom stereocenters. The maximum Gasteiger partial charge on any atom is 0.293 e. The standard InChI is InChI=1S/C25H24N4O7S2/c1-16-14-22(27-36-16)28-38(33,34)20-11-7-18(8-12-20)26-23(30)4-3-13-29-24(31)21(37-25(29)32)15-17-5-9-19(35-2)10-6-17/h5-12,14-15H,3-4,13H2,1-2H3,(H,26,30)(H,27,28)/b21-15+. The summed E-state index contributed by atoms with van der Waals surface area (Å²) in [5.41, 5.74) is 1.17. The Balaban J connectivity index is 1.27. The van der Waals surface area contributed by atoms with Crippen LogP contribution in [0.4, 0.5) is 16.3 Å². The van der Waals surface area contributed by atoms with Gasteiger partial charge in [0, 0.05) is 24.7 Å². The lowest BCUT2D eigenvalue weighted by molar-refractivity contribution is -0.123. The summed E-state index contributed by atoms with van der Waals surface area (Å²) in [5.74, 6) is 0.476. The number of sulfonamides is 1. The normalized spacial score (nSPS) is 14.7. The van der Waals surface area contributed by atoms with E-state index in [4.69, 9.17) is 9.26 Å². The predicted molar refractivity (Wildman–Crippen MR) is 142 cm³/mol. The van der Waals surface area contributed by atoms with Crippen LogP contribution in [0.25, 0.3) is 6.08 Å². The molecule has 0 bridgehead atoms. The lowest BCUT2D eigenvalue weighted by atomic mass is 10.2. The zero-order valence-corrected chi connectivity index (χ0v) is 22.1. The van der Waals surface area contributed by atoms with Gasteiger partial charge >= 0.3 is 0 Å². The van der Waals surface area contributed by atoms with Crippen LogP contribution in [-0.4, -0.2) is 49.2 Å². The molecule has 0 unspecified atom stereocenters. The number of hydrogen-bond donors (Lipinski definition) is 2. The third-order valence-corrected chi connectivity index (χ3v) is 7.67. The summed E-state index contributed by atoms with van der Waals surface area (Å²) < 4.78 is 37.2. The molecule has 3 amide bonds. The molecule has 4 rings (SSSR count). The topological polar surface area (TPSA) is 148 Å². The highest BCUT2D eigenvalue weighted by Gasteiger charge is 2.34. The maximum absolute atomic E-state index is 12.7. The van der Waals surface area contributed by atoms with Gasteiger partial charge in [0.05, 0.1) is 16.9 Å². The molecule has 0 spiro atoms. The van der Waals surface area contributed by atoms with Crippen molar-refractivity contribution in [2.75, 3.05) is 23.7 Å². The Morgan fingerprint density at radius 3 is 2.47 bits per heavy atom. The van der Waals surface area contributed by atoms with Gasteiger partial charge in [0.25, 0.3) is 21.2 Å². The van der Waals surface area contributed by atoms with E-state index < -0.39 is 15.9 Å². The number of rotatable bonds is 10. The molecule has 38 heavy (non-hydrogen) atoms. The van der Waals surface area contributed by atoms with Crippen molar-refractivity contribution in [3.8, 4) is 5.75 Å². The highest BCUT2D eigenvalue weighted by atomic mass is 32.2. The molecule has 2 aromatic carbocycles. The average Bonchev–Trinajstić information content (AvgIpc) is 3.41. The van der Waals surface area contributed by atoms with Crippen LogP contribution >= 0.6 is 11.8 Å². The first-order valence-electron chi connectivity index (χ1n) is 11.4. The monoisotopic (exact) mass is 556 g/mol. The van der Waals surface area contributed by atoms with Crippen LogP contribution < -0.4 is 14.8 Å². The second-order valence-corrected chi connectivity index (χ2v) is 10.9. The number of benzene rings is 2. The van der Waals surface area contributed by atoms with Gasteiger partial charge in [0.1, 0.15) is 11.5 Å². The summed E-state index contributed by atoms with van der Waals surface area (Å²) >= 11 is 0.856. The molecule has 2 heterocycles. The minimum Gasteiger partial charge on any atom is -0.497 e. The number of aromatic nitrogens is 1. The Bertz CT molecular complexity index is 1480. The fourth-order valence-electron chi connectivity index (χ4n) is 3.49. The first-order chi connectivity index (χ1) is 18.1. The molecule has 1 aromatic heterocycles. The second-order valence-electron chi connectivity index (χ2n) is 8.21. The van der Waals surface area contributed by atoms with Crippen LogP contribution in [0, 0.1) is 6.92 Å². The molecule has 2 N–H and O–H groups in total. The zero-order chi connectivity index (χ0) is 27.3. The van der Waals surface area contributed by atoms with Gasteiger partial charge in [-0.2, -0.15) is 0 Å². The number of nitrogens with one attached hydrogen (secondary N) is 2. The molecule has 0 radical (unpaired) electrons. The van der Waals surface area contributed by atoms with E-state index in [0.29, 0.717) is 22.1 Å². The minimum atomic E-state index is -3.87. The molecular weight excluding hydrogens is 532 g/mol. The Morgan fingerprint density at radius 2 is 1.84 bits per heavy atom. The molecule has 0 saturated carbocycles. The van der Waals surface area contributed by atoms with Crippen molar-refractivity contribution in [1.82, 2.24) is 10.1 Å². The molecule has 198 valence electrons. The number of aryl methyl sites for hydroxylation is 1. The number of hydrogen-bond acceptors (Lipinski definition) is 9. The van der Waals surface area contributed by atoms with Gasteiger partial charge in [-0.1, -0.05) is 17.3 Å². The lowest BCUT2D eigenvalue weighted by Gasteiger charge is -2.12. The number of thioether (sulfide) groups is 1. The number of ether oxygens (including phenoxy) is 1. The number of imide groups is 1. The second kappa shape index (κ2) is 11.5. The van der Waals surface area contributed by atoms with E-state index in [1.807, 2.05) is 0 Å². The quantitative estimate of drug-likeness (QED) is 0.350. The van der Waals surface area contributed by atoms with E-state index >= 15 is 0 Å².